The van der Waals surface area contributed by atoms with Crippen LogP contribution in [0.15, 0.2) is 47.1 Å². The lowest BCUT2D eigenvalue weighted by molar-refractivity contribution is 0.0651. The van der Waals surface area contributed by atoms with Crippen LogP contribution in [0.3, 0.4) is 0 Å². The largest absolute Gasteiger partial charge is 0.497 e. The van der Waals surface area contributed by atoms with E-state index in [9.17, 15) is 9.90 Å². The number of ether oxygens (including phenoxy) is 1. The molecule has 0 radical (unpaired) electrons. The zero-order valence-electron chi connectivity index (χ0n) is 11.4. The summed E-state index contributed by atoms with van der Waals surface area (Å²) in [5.41, 5.74) is 0.698. The Bertz CT molecular complexity index is 565. The smallest absolute Gasteiger partial charge is 0.289 e. The fourth-order valence-electron chi connectivity index (χ4n) is 1.88. The highest BCUT2D eigenvalue weighted by molar-refractivity contribution is 5.91. The predicted molar refractivity (Wildman–Crippen MR) is 73.6 cm³/mol. The summed E-state index contributed by atoms with van der Waals surface area (Å²) in [5.74, 6) is 0.656. The molecule has 1 heterocycles. The number of rotatable bonds is 5. The zero-order valence-corrected chi connectivity index (χ0v) is 11.4. The molecule has 1 unspecified atom stereocenters. The number of likely N-dealkylation sites (N-methyl/N-ethyl adjacent to an activating group) is 1. The molecule has 0 saturated carbocycles. The number of hydrogen-bond donors (Lipinski definition) is 1. The summed E-state index contributed by atoms with van der Waals surface area (Å²) in [6, 6.07) is 10.4. The lowest BCUT2D eigenvalue weighted by Gasteiger charge is -2.20. The highest BCUT2D eigenvalue weighted by Crippen LogP contribution is 2.20. The Labute approximate surface area is 117 Å². The summed E-state index contributed by atoms with van der Waals surface area (Å²) in [6.07, 6.45) is 0.661. The van der Waals surface area contributed by atoms with Gasteiger partial charge in [-0.2, -0.15) is 0 Å². The summed E-state index contributed by atoms with van der Waals surface area (Å²) < 4.78 is 10.2. The van der Waals surface area contributed by atoms with Crippen LogP contribution >= 0.6 is 0 Å². The Morgan fingerprint density at radius 1 is 1.40 bits per heavy atom. The minimum atomic E-state index is -0.783. The maximum atomic E-state index is 12.0. The van der Waals surface area contributed by atoms with Gasteiger partial charge in [0.05, 0.1) is 26.0 Å². The topological polar surface area (TPSA) is 62.9 Å². The molecule has 0 aliphatic carbocycles. The van der Waals surface area contributed by atoms with E-state index in [0.717, 1.165) is 0 Å². The molecule has 2 rings (SSSR count). The fraction of sp³-hybridized carbons (Fsp3) is 0.267. The number of carbonyl (C=O) groups is 1. The van der Waals surface area contributed by atoms with Gasteiger partial charge in [-0.1, -0.05) is 12.1 Å². The highest BCUT2D eigenvalue weighted by Gasteiger charge is 2.18. The van der Waals surface area contributed by atoms with E-state index in [1.165, 1.54) is 11.2 Å². The van der Waals surface area contributed by atoms with Crippen LogP contribution in [0.4, 0.5) is 0 Å². The molecule has 20 heavy (non-hydrogen) atoms. The molecule has 1 N–H and O–H groups in total. The SMILES string of the molecule is COc1cccc(C(O)CN(C)C(=O)c2ccco2)c1. The van der Waals surface area contributed by atoms with Crippen molar-refractivity contribution in [2.45, 2.75) is 6.10 Å². The van der Waals surface area contributed by atoms with Gasteiger partial charge in [0, 0.05) is 7.05 Å². The van der Waals surface area contributed by atoms with Gasteiger partial charge >= 0.3 is 0 Å². The van der Waals surface area contributed by atoms with Crippen molar-refractivity contribution in [2.24, 2.45) is 0 Å². The Morgan fingerprint density at radius 2 is 2.20 bits per heavy atom. The minimum Gasteiger partial charge on any atom is -0.497 e. The van der Waals surface area contributed by atoms with Gasteiger partial charge in [-0.3, -0.25) is 4.79 Å². The fourth-order valence-corrected chi connectivity index (χ4v) is 1.88. The number of nitrogens with zero attached hydrogens (tertiary/aromatic N) is 1. The highest BCUT2D eigenvalue weighted by atomic mass is 16.5. The number of carbonyl (C=O) groups excluding carboxylic acids is 1. The Balaban J connectivity index is 2.03. The third kappa shape index (κ3) is 3.19. The third-order valence-electron chi connectivity index (χ3n) is 3.00. The monoisotopic (exact) mass is 275 g/mol. The molecule has 0 aliphatic heterocycles. The number of aliphatic hydroxyl groups is 1. The van der Waals surface area contributed by atoms with Crippen LogP contribution in [0.1, 0.15) is 22.2 Å². The molecule has 5 nitrogen and oxygen atoms in total. The number of furan rings is 1. The maximum Gasteiger partial charge on any atom is 0.289 e. The quantitative estimate of drug-likeness (QED) is 0.907. The van der Waals surface area contributed by atoms with Crippen LogP contribution in [0.5, 0.6) is 5.75 Å². The van der Waals surface area contributed by atoms with Crippen molar-refractivity contribution in [3.63, 3.8) is 0 Å². The summed E-state index contributed by atoms with van der Waals surface area (Å²) >= 11 is 0. The van der Waals surface area contributed by atoms with Gasteiger partial charge in [-0.15, -0.1) is 0 Å². The first-order valence-corrected chi connectivity index (χ1v) is 6.23. The van der Waals surface area contributed by atoms with E-state index in [4.69, 9.17) is 9.15 Å². The van der Waals surface area contributed by atoms with Crippen molar-refractivity contribution in [3.05, 3.63) is 54.0 Å². The Morgan fingerprint density at radius 3 is 2.85 bits per heavy atom. The summed E-state index contributed by atoms with van der Waals surface area (Å²) in [5, 5.41) is 10.2. The lowest BCUT2D eigenvalue weighted by Crippen LogP contribution is -2.30. The Hall–Kier alpha value is -2.27. The molecule has 0 bridgehead atoms. The summed E-state index contributed by atoms with van der Waals surface area (Å²) in [4.78, 5) is 13.4. The van der Waals surface area contributed by atoms with Crippen molar-refractivity contribution < 1.29 is 19.1 Å². The first-order chi connectivity index (χ1) is 9.61. The van der Waals surface area contributed by atoms with Crippen molar-refractivity contribution in [1.82, 2.24) is 4.90 Å². The van der Waals surface area contributed by atoms with Gasteiger partial charge in [-0.05, 0) is 29.8 Å². The van der Waals surface area contributed by atoms with E-state index in [1.807, 2.05) is 0 Å². The van der Waals surface area contributed by atoms with E-state index in [-0.39, 0.29) is 18.2 Å². The molecular weight excluding hydrogens is 258 g/mol. The molecule has 1 aromatic heterocycles. The zero-order chi connectivity index (χ0) is 14.5. The van der Waals surface area contributed by atoms with Crippen LogP contribution in [0, 0.1) is 0 Å². The van der Waals surface area contributed by atoms with E-state index < -0.39 is 6.10 Å². The molecule has 1 atom stereocenters. The van der Waals surface area contributed by atoms with E-state index >= 15 is 0 Å². The molecule has 1 aromatic carbocycles. The van der Waals surface area contributed by atoms with Crippen molar-refractivity contribution in [3.8, 4) is 5.75 Å². The van der Waals surface area contributed by atoms with Crippen LogP contribution in [0.25, 0.3) is 0 Å². The number of hydrogen-bond acceptors (Lipinski definition) is 4. The maximum absolute atomic E-state index is 12.0. The molecule has 0 fully saturated rings. The molecule has 2 aromatic rings. The van der Waals surface area contributed by atoms with Gasteiger partial charge < -0.3 is 19.2 Å². The first-order valence-electron chi connectivity index (χ1n) is 6.23. The van der Waals surface area contributed by atoms with Gasteiger partial charge in [0.2, 0.25) is 0 Å². The second kappa shape index (κ2) is 6.25. The first kappa shape index (κ1) is 14.1. The van der Waals surface area contributed by atoms with Crippen molar-refractivity contribution in [2.75, 3.05) is 20.7 Å². The Kier molecular flexibility index (Phi) is 4.42. The van der Waals surface area contributed by atoms with Crippen LogP contribution < -0.4 is 4.74 Å². The van der Waals surface area contributed by atoms with E-state index in [2.05, 4.69) is 0 Å². The van der Waals surface area contributed by atoms with Gasteiger partial charge in [0.15, 0.2) is 5.76 Å². The average Bonchev–Trinajstić information content (AvgIpc) is 3.00. The van der Waals surface area contributed by atoms with E-state index in [1.54, 1.807) is 50.6 Å². The van der Waals surface area contributed by atoms with Gasteiger partial charge in [0.25, 0.3) is 5.91 Å². The number of amides is 1. The minimum absolute atomic E-state index is 0.173. The van der Waals surface area contributed by atoms with Gasteiger partial charge in [-0.25, -0.2) is 0 Å². The average molecular weight is 275 g/mol. The normalized spacial score (nSPS) is 11.9. The second-order valence-corrected chi connectivity index (χ2v) is 4.46. The van der Waals surface area contributed by atoms with Crippen LogP contribution in [-0.4, -0.2) is 36.6 Å². The summed E-state index contributed by atoms with van der Waals surface area (Å²) in [6.45, 7) is 0.173. The van der Waals surface area contributed by atoms with Crippen molar-refractivity contribution >= 4 is 5.91 Å². The molecule has 5 heteroatoms. The standard InChI is InChI=1S/C15H17NO4/c1-16(15(18)14-7-4-8-20-14)10-13(17)11-5-3-6-12(9-11)19-2/h3-9,13,17H,10H2,1-2H3. The van der Waals surface area contributed by atoms with Gasteiger partial charge in [0.1, 0.15) is 5.75 Å². The number of methoxy groups -OCH3 is 1. The second-order valence-electron chi connectivity index (χ2n) is 4.46. The molecular formula is C15H17NO4. The molecule has 0 saturated heterocycles. The molecule has 0 spiro atoms. The lowest BCUT2D eigenvalue weighted by atomic mass is 10.1. The van der Waals surface area contributed by atoms with Crippen molar-refractivity contribution in [1.29, 1.82) is 0 Å². The third-order valence-corrected chi connectivity index (χ3v) is 3.00. The molecule has 0 aliphatic rings. The molecule has 1 amide bonds. The summed E-state index contributed by atoms with van der Waals surface area (Å²) in [7, 11) is 3.19. The molecule has 106 valence electrons. The predicted octanol–water partition coefficient (Wildman–Crippen LogP) is 2.09. The van der Waals surface area contributed by atoms with Crippen LogP contribution in [0.2, 0.25) is 0 Å². The number of benzene rings is 1. The van der Waals surface area contributed by atoms with E-state index in [0.29, 0.717) is 11.3 Å². The van der Waals surface area contributed by atoms with Crippen LogP contribution in [-0.2, 0) is 0 Å². The number of aliphatic hydroxyl groups excluding tert-OH is 1.